The van der Waals surface area contributed by atoms with E-state index in [9.17, 15) is 4.79 Å². The minimum atomic E-state index is -0.706. The molecule has 1 aliphatic heterocycles. The lowest BCUT2D eigenvalue weighted by Crippen LogP contribution is -2.35. The second-order valence-corrected chi connectivity index (χ2v) is 3.78. The third-order valence-electron chi connectivity index (χ3n) is 2.60. The molecule has 1 saturated heterocycles. The molecule has 0 aliphatic carbocycles. The van der Waals surface area contributed by atoms with E-state index < -0.39 is 5.97 Å². The first kappa shape index (κ1) is 11.5. The number of nitrogens with one attached hydrogen (secondary N) is 1. The van der Waals surface area contributed by atoms with Gasteiger partial charge in [0.05, 0.1) is 6.10 Å². The van der Waals surface area contributed by atoms with Crippen molar-refractivity contribution in [3.63, 3.8) is 0 Å². The molecule has 1 aliphatic rings. The molecule has 1 heterocycles. The van der Waals surface area contributed by atoms with Crippen LogP contribution in [0.1, 0.15) is 32.6 Å². The van der Waals surface area contributed by atoms with Crippen LogP contribution in [0, 0.1) is 0 Å². The summed E-state index contributed by atoms with van der Waals surface area (Å²) < 4.78 is 5.40. The number of aliphatic carboxylic acids is 1. The second-order valence-electron chi connectivity index (χ2n) is 3.78. The molecule has 4 heteroatoms. The van der Waals surface area contributed by atoms with Gasteiger partial charge in [0.15, 0.2) is 0 Å². The van der Waals surface area contributed by atoms with E-state index >= 15 is 0 Å². The number of ether oxygens (including phenoxy) is 1. The van der Waals surface area contributed by atoms with E-state index in [2.05, 4.69) is 12.2 Å². The number of carboxylic acid groups (broad SMARTS) is 1. The first-order chi connectivity index (χ1) is 6.70. The highest BCUT2D eigenvalue weighted by molar-refractivity contribution is 5.66. The maximum atomic E-state index is 10.2. The van der Waals surface area contributed by atoms with Gasteiger partial charge in [-0.15, -0.1) is 0 Å². The Balaban J connectivity index is 1.95. The second kappa shape index (κ2) is 5.98. The predicted octanol–water partition coefficient (Wildman–Crippen LogP) is 1.01. The first-order valence-corrected chi connectivity index (χ1v) is 5.27. The summed E-state index contributed by atoms with van der Waals surface area (Å²) in [7, 11) is 0. The van der Waals surface area contributed by atoms with Crippen molar-refractivity contribution >= 4 is 5.97 Å². The fourth-order valence-corrected chi connectivity index (χ4v) is 1.69. The van der Waals surface area contributed by atoms with E-state index in [1.54, 1.807) is 0 Å². The lowest BCUT2D eigenvalue weighted by molar-refractivity contribution is -0.137. The Hall–Kier alpha value is -0.610. The molecule has 2 atom stereocenters. The molecule has 1 fully saturated rings. The number of rotatable bonds is 6. The molecule has 0 spiro atoms. The van der Waals surface area contributed by atoms with Gasteiger partial charge in [0.2, 0.25) is 0 Å². The molecule has 0 aromatic carbocycles. The summed E-state index contributed by atoms with van der Waals surface area (Å²) in [4.78, 5) is 10.2. The van der Waals surface area contributed by atoms with Gasteiger partial charge in [0.25, 0.3) is 0 Å². The van der Waals surface area contributed by atoms with Crippen LogP contribution in [0.2, 0.25) is 0 Å². The van der Waals surface area contributed by atoms with Crippen molar-refractivity contribution in [3.05, 3.63) is 0 Å². The van der Waals surface area contributed by atoms with Crippen LogP contribution in [0.25, 0.3) is 0 Å². The molecule has 0 amide bonds. The summed E-state index contributed by atoms with van der Waals surface area (Å²) >= 11 is 0. The number of unbranched alkanes of at least 4 members (excludes halogenated alkanes) is 1. The Morgan fingerprint density at radius 3 is 2.93 bits per heavy atom. The topological polar surface area (TPSA) is 58.6 Å². The SMILES string of the molecule is CC1OCCC1NCCCCC(=O)O. The Morgan fingerprint density at radius 1 is 1.57 bits per heavy atom. The molecule has 1 rings (SSSR count). The Bertz CT molecular complexity index is 184. The molecule has 0 radical (unpaired) electrons. The maximum Gasteiger partial charge on any atom is 0.303 e. The summed E-state index contributed by atoms with van der Waals surface area (Å²) in [5.41, 5.74) is 0. The first-order valence-electron chi connectivity index (χ1n) is 5.27. The van der Waals surface area contributed by atoms with Crippen LogP contribution < -0.4 is 5.32 Å². The number of carboxylic acids is 1. The zero-order valence-electron chi connectivity index (χ0n) is 8.66. The van der Waals surface area contributed by atoms with Gasteiger partial charge >= 0.3 is 5.97 Å². The van der Waals surface area contributed by atoms with E-state index in [4.69, 9.17) is 9.84 Å². The number of carbonyl (C=O) groups is 1. The summed E-state index contributed by atoms with van der Waals surface area (Å²) in [6.45, 7) is 3.81. The summed E-state index contributed by atoms with van der Waals surface area (Å²) in [6, 6.07) is 0.458. The molecule has 2 unspecified atom stereocenters. The smallest absolute Gasteiger partial charge is 0.303 e. The predicted molar refractivity (Wildman–Crippen MR) is 53.3 cm³/mol. The molecule has 0 aromatic rings. The zero-order valence-corrected chi connectivity index (χ0v) is 8.66. The van der Waals surface area contributed by atoms with E-state index in [0.29, 0.717) is 12.1 Å². The Kier molecular flexibility index (Phi) is 4.90. The molecular formula is C10H19NO3. The molecule has 0 aromatic heterocycles. The normalized spacial score (nSPS) is 26.6. The van der Waals surface area contributed by atoms with Crippen molar-refractivity contribution in [1.82, 2.24) is 5.32 Å². The Morgan fingerprint density at radius 2 is 2.36 bits per heavy atom. The fraction of sp³-hybridized carbons (Fsp3) is 0.900. The number of hydrogen-bond donors (Lipinski definition) is 2. The van der Waals surface area contributed by atoms with Crippen LogP contribution in [0.15, 0.2) is 0 Å². The average molecular weight is 201 g/mol. The highest BCUT2D eigenvalue weighted by Crippen LogP contribution is 2.12. The standard InChI is InChI=1S/C10H19NO3/c1-8-9(5-7-14-8)11-6-3-2-4-10(12)13/h8-9,11H,2-7H2,1H3,(H,12,13). The van der Waals surface area contributed by atoms with Crippen LogP contribution in [0.3, 0.4) is 0 Å². The maximum absolute atomic E-state index is 10.2. The largest absolute Gasteiger partial charge is 0.481 e. The molecular weight excluding hydrogens is 182 g/mol. The van der Waals surface area contributed by atoms with Crippen LogP contribution in [-0.2, 0) is 9.53 Å². The molecule has 4 nitrogen and oxygen atoms in total. The third kappa shape index (κ3) is 4.07. The van der Waals surface area contributed by atoms with Gasteiger partial charge in [-0.1, -0.05) is 0 Å². The van der Waals surface area contributed by atoms with Gasteiger partial charge in [0, 0.05) is 19.1 Å². The van der Waals surface area contributed by atoms with Gasteiger partial charge in [-0.3, -0.25) is 4.79 Å². The quantitative estimate of drug-likeness (QED) is 0.630. The van der Waals surface area contributed by atoms with Crippen molar-refractivity contribution in [2.45, 2.75) is 44.8 Å². The van der Waals surface area contributed by atoms with Gasteiger partial charge in [-0.25, -0.2) is 0 Å². The van der Waals surface area contributed by atoms with E-state index in [1.165, 1.54) is 0 Å². The lowest BCUT2D eigenvalue weighted by atomic mass is 10.1. The van der Waals surface area contributed by atoms with Crippen LogP contribution >= 0.6 is 0 Å². The molecule has 0 bridgehead atoms. The van der Waals surface area contributed by atoms with Crippen molar-refractivity contribution in [1.29, 1.82) is 0 Å². The van der Waals surface area contributed by atoms with Crippen molar-refractivity contribution in [3.8, 4) is 0 Å². The minimum Gasteiger partial charge on any atom is -0.481 e. The van der Waals surface area contributed by atoms with Crippen molar-refractivity contribution in [2.75, 3.05) is 13.2 Å². The summed E-state index contributed by atoms with van der Waals surface area (Å²) in [5.74, 6) is -0.706. The molecule has 82 valence electrons. The van der Waals surface area contributed by atoms with E-state index in [1.807, 2.05) is 0 Å². The van der Waals surface area contributed by atoms with Gasteiger partial charge < -0.3 is 15.2 Å². The minimum absolute atomic E-state index is 0.276. The third-order valence-corrected chi connectivity index (χ3v) is 2.60. The fourth-order valence-electron chi connectivity index (χ4n) is 1.69. The van der Waals surface area contributed by atoms with Crippen molar-refractivity contribution in [2.24, 2.45) is 0 Å². The highest BCUT2D eigenvalue weighted by atomic mass is 16.5. The number of hydrogen-bond acceptors (Lipinski definition) is 3. The zero-order chi connectivity index (χ0) is 10.4. The summed E-state index contributed by atoms with van der Waals surface area (Å²) in [5, 5.41) is 11.8. The Labute approximate surface area is 84.6 Å². The van der Waals surface area contributed by atoms with Crippen LogP contribution in [-0.4, -0.2) is 36.4 Å². The summed E-state index contributed by atoms with van der Waals surface area (Å²) in [6.07, 6.45) is 3.33. The van der Waals surface area contributed by atoms with Gasteiger partial charge in [-0.2, -0.15) is 0 Å². The van der Waals surface area contributed by atoms with Gasteiger partial charge in [-0.05, 0) is 32.7 Å². The highest BCUT2D eigenvalue weighted by Gasteiger charge is 2.22. The average Bonchev–Trinajstić information content (AvgIpc) is 2.51. The molecule has 14 heavy (non-hydrogen) atoms. The lowest BCUT2D eigenvalue weighted by Gasteiger charge is -2.15. The van der Waals surface area contributed by atoms with E-state index in [-0.39, 0.29) is 6.42 Å². The van der Waals surface area contributed by atoms with Crippen molar-refractivity contribution < 1.29 is 14.6 Å². The molecule has 0 saturated carbocycles. The molecule has 2 N–H and O–H groups in total. The van der Waals surface area contributed by atoms with Crippen LogP contribution in [0.5, 0.6) is 0 Å². The van der Waals surface area contributed by atoms with Gasteiger partial charge in [0.1, 0.15) is 0 Å². The monoisotopic (exact) mass is 201 g/mol. The van der Waals surface area contributed by atoms with E-state index in [0.717, 1.165) is 32.4 Å². The van der Waals surface area contributed by atoms with Crippen LogP contribution in [0.4, 0.5) is 0 Å².